The highest BCUT2D eigenvalue weighted by molar-refractivity contribution is 6.15. The molecule has 5 heteroatoms. The number of amides is 1. The van der Waals surface area contributed by atoms with E-state index in [0.29, 0.717) is 16.8 Å². The molecule has 0 atom stereocenters. The van der Waals surface area contributed by atoms with Crippen molar-refractivity contribution in [3.63, 3.8) is 0 Å². The number of para-hydroxylation sites is 1. The molecule has 1 heterocycles. The molecule has 2 aromatic carbocycles. The Morgan fingerprint density at radius 2 is 1.70 bits per heavy atom. The Bertz CT molecular complexity index is 837. The van der Waals surface area contributed by atoms with Crippen LogP contribution in [-0.4, -0.2) is 17.8 Å². The minimum atomic E-state index is -0.661. The lowest BCUT2D eigenvalue weighted by Gasteiger charge is -2.05. The largest absolute Gasteiger partial charge is 0.386 e. The van der Waals surface area contributed by atoms with Crippen LogP contribution < -0.4 is 5.32 Å². The normalized spacial score (nSPS) is 13.5. The molecule has 0 radical (unpaired) electrons. The van der Waals surface area contributed by atoms with Crippen LogP contribution in [0.2, 0.25) is 0 Å². The number of fused-ring (bicyclic) bond motifs is 1. The number of carbonyl (C=O) groups is 3. The van der Waals surface area contributed by atoms with E-state index >= 15 is 0 Å². The average Bonchev–Trinajstić information content (AvgIpc) is 2.82. The Morgan fingerprint density at radius 3 is 2.43 bits per heavy atom. The molecule has 1 amide bonds. The lowest BCUT2D eigenvalue weighted by Crippen LogP contribution is -2.12. The minimum Gasteiger partial charge on any atom is -0.386 e. The van der Waals surface area contributed by atoms with Crippen LogP contribution in [0.15, 0.2) is 54.1 Å². The first-order valence-corrected chi connectivity index (χ1v) is 7.00. The molecule has 0 saturated heterocycles. The van der Waals surface area contributed by atoms with Crippen LogP contribution in [0.4, 0.5) is 5.69 Å². The lowest BCUT2D eigenvalue weighted by atomic mass is 10.0. The van der Waals surface area contributed by atoms with E-state index in [1.54, 1.807) is 37.3 Å². The fraction of sp³-hybridized carbons (Fsp3) is 0.0556. The Labute approximate surface area is 132 Å². The van der Waals surface area contributed by atoms with Gasteiger partial charge in [0.1, 0.15) is 0 Å². The highest BCUT2D eigenvalue weighted by atomic mass is 16.6. The standard InChI is InChI=1S/C18H13NO4/c1-11(16(20)19-13-5-3-2-4-6-13)9-12-7-8-14-15(10-12)18(22)23-17(14)21/h2-10H,1H3,(H,19,20)/b11-9+. The summed E-state index contributed by atoms with van der Waals surface area (Å²) < 4.78 is 4.54. The molecule has 0 unspecified atom stereocenters. The molecule has 0 fully saturated rings. The fourth-order valence-electron chi connectivity index (χ4n) is 2.26. The van der Waals surface area contributed by atoms with Crippen molar-refractivity contribution < 1.29 is 19.1 Å². The summed E-state index contributed by atoms with van der Waals surface area (Å²) >= 11 is 0. The Kier molecular flexibility index (Phi) is 3.76. The maximum absolute atomic E-state index is 12.1. The maximum Gasteiger partial charge on any atom is 0.346 e. The van der Waals surface area contributed by atoms with Gasteiger partial charge in [-0.25, -0.2) is 9.59 Å². The summed E-state index contributed by atoms with van der Waals surface area (Å²) in [5, 5.41) is 2.78. The molecule has 2 aromatic rings. The number of hydrogen-bond donors (Lipinski definition) is 1. The third kappa shape index (κ3) is 3.03. The highest BCUT2D eigenvalue weighted by Gasteiger charge is 2.29. The molecule has 114 valence electrons. The van der Waals surface area contributed by atoms with Crippen LogP contribution in [0.5, 0.6) is 0 Å². The van der Waals surface area contributed by atoms with Gasteiger partial charge < -0.3 is 10.1 Å². The van der Waals surface area contributed by atoms with E-state index in [4.69, 9.17) is 0 Å². The molecule has 1 aliphatic heterocycles. The van der Waals surface area contributed by atoms with Gasteiger partial charge >= 0.3 is 11.9 Å². The Morgan fingerprint density at radius 1 is 1.00 bits per heavy atom. The van der Waals surface area contributed by atoms with Crippen molar-refractivity contribution in [3.8, 4) is 0 Å². The van der Waals surface area contributed by atoms with Crippen molar-refractivity contribution in [2.75, 3.05) is 5.32 Å². The molecular formula is C18H13NO4. The van der Waals surface area contributed by atoms with E-state index in [1.165, 1.54) is 6.07 Å². The number of anilines is 1. The number of esters is 2. The van der Waals surface area contributed by atoms with E-state index in [9.17, 15) is 14.4 Å². The van der Waals surface area contributed by atoms with E-state index in [1.807, 2.05) is 18.2 Å². The SMILES string of the molecule is C/C(=C\c1ccc2c(c1)C(=O)OC2=O)C(=O)Nc1ccccc1. The number of nitrogens with one attached hydrogen (secondary N) is 1. The molecule has 0 aliphatic carbocycles. The van der Waals surface area contributed by atoms with Crippen molar-refractivity contribution >= 4 is 29.6 Å². The van der Waals surface area contributed by atoms with E-state index in [2.05, 4.69) is 10.1 Å². The number of hydrogen-bond acceptors (Lipinski definition) is 4. The first-order chi connectivity index (χ1) is 11.0. The summed E-state index contributed by atoms with van der Waals surface area (Å²) in [7, 11) is 0. The molecule has 0 saturated carbocycles. The van der Waals surface area contributed by atoms with Crippen molar-refractivity contribution in [1.82, 2.24) is 0 Å². The number of ether oxygens (including phenoxy) is 1. The van der Waals surface area contributed by atoms with E-state index in [-0.39, 0.29) is 17.0 Å². The summed E-state index contributed by atoms with van der Waals surface area (Å²) in [5.74, 6) is -1.54. The third-order valence-corrected chi connectivity index (χ3v) is 3.44. The number of cyclic esters (lactones) is 2. The van der Waals surface area contributed by atoms with Crippen molar-refractivity contribution in [1.29, 1.82) is 0 Å². The summed E-state index contributed by atoms with van der Waals surface area (Å²) in [6.45, 7) is 1.68. The third-order valence-electron chi connectivity index (χ3n) is 3.44. The zero-order chi connectivity index (χ0) is 16.4. The quantitative estimate of drug-likeness (QED) is 0.537. The van der Waals surface area contributed by atoms with Crippen LogP contribution in [0, 0.1) is 0 Å². The first kappa shape index (κ1) is 14.7. The van der Waals surface area contributed by atoms with Gasteiger partial charge in [-0.1, -0.05) is 24.3 Å². The van der Waals surface area contributed by atoms with Gasteiger partial charge in [0.25, 0.3) is 5.91 Å². The van der Waals surface area contributed by atoms with Crippen LogP contribution in [-0.2, 0) is 9.53 Å². The molecule has 23 heavy (non-hydrogen) atoms. The van der Waals surface area contributed by atoms with Gasteiger partial charge in [-0.2, -0.15) is 0 Å². The number of carbonyl (C=O) groups excluding carboxylic acids is 3. The fourth-order valence-corrected chi connectivity index (χ4v) is 2.26. The minimum absolute atomic E-state index is 0.222. The molecule has 1 aliphatic rings. The summed E-state index contributed by atoms with van der Waals surface area (Å²) in [5.41, 5.74) is 2.30. The molecule has 5 nitrogen and oxygen atoms in total. The van der Waals surface area contributed by atoms with Gasteiger partial charge in [0, 0.05) is 11.3 Å². The van der Waals surface area contributed by atoms with Crippen molar-refractivity contribution in [2.24, 2.45) is 0 Å². The second kappa shape index (κ2) is 5.88. The molecule has 0 bridgehead atoms. The van der Waals surface area contributed by atoms with Crippen LogP contribution in [0.1, 0.15) is 33.2 Å². The van der Waals surface area contributed by atoms with E-state index in [0.717, 1.165) is 0 Å². The second-order valence-electron chi connectivity index (χ2n) is 5.13. The predicted molar refractivity (Wildman–Crippen MR) is 84.9 cm³/mol. The van der Waals surface area contributed by atoms with Gasteiger partial charge in [-0.15, -0.1) is 0 Å². The van der Waals surface area contributed by atoms with Crippen LogP contribution >= 0.6 is 0 Å². The number of benzene rings is 2. The van der Waals surface area contributed by atoms with Crippen molar-refractivity contribution in [2.45, 2.75) is 6.92 Å². The Balaban J connectivity index is 1.81. The highest BCUT2D eigenvalue weighted by Crippen LogP contribution is 2.22. The monoisotopic (exact) mass is 307 g/mol. The second-order valence-corrected chi connectivity index (χ2v) is 5.13. The van der Waals surface area contributed by atoms with Crippen LogP contribution in [0.25, 0.3) is 6.08 Å². The molecule has 3 rings (SSSR count). The summed E-state index contributed by atoms with van der Waals surface area (Å²) in [6, 6.07) is 13.8. The molecular weight excluding hydrogens is 294 g/mol. The molecule has 0 aromatic heterocycles. The summed E-state index contributed by atoms with van der Waals surface area (Å²) in [4.78, 5) is 35.1. The van der Waals surface area contributed by atoms with Gasteiger partial charge in [-0.05, 0) is 42.8 Å². The van der Waals surface area contributed by atoms with Crippen LogP contribution in [0.3, 0.4) is 0 Å². The average molecular weight is 307 g/mol. The van der Waals surface area contributed by atoms with E-state index < -0.39 is 11.9 Å². The van der Waals surface area contributed by atoms with Gasteiger partial charge in [0.15, 0.2) is 0 Å². The lowest BCUT2D eigenvalue weighted by molar-refractivity contribution is -0.112. The predicted octanol–water partition coefficient (Wildman–Crippen LogP) is 3.04. The smallest absolute Gasteiger partial charge is 0.346 e. The molecule has 1 N–H and O–H groups in total. The van der Waals surface area contributed by atoms with Crippen molar-refractivity contribution in [3.05, 3.63) is 70.8 Å². The summed E-state index contributed by atoms with van der Waals surface area (Å²) in [6.07, 6.45) is 1.65. The number of rotatable bonds is 3. The maximum atomic E-state index is 12.1. The Hall–Kier alpha value is -3.21. The zero-order valence-corrected chi connectivity index (χ0v) is 12.3. The topological polar surface area (TPSA) is 72.5 Å². The first-order valence-electron chi connectivity index (χ1n) is 7.00. The zero-order valence-electron chi connectivity index (χ0n) is 12.3. The van der Waals surface area contributed by atoms with Gasteiger partial charge in [0.05, 0.1) is 11.1 Å². The molecule has 0 spiro atoms. The van der Waals surface area contributed by atoms with Gasteiger partial charge in [-0.3, -0.25) is 4.79 Å². The van der Waals surface area contributed by atoms with Gasteiger partial charge in [0.2, 0.25) is 0 Å².